The number of nitrogens with zero attached hydrogens (tertiary/aromatic N) is 6. The fraction of sp³-hybridized carbons (Fsp3) is 0.308. The Morgan fingerprint density at radius 3 is 2.49 bits per heavy atom. The van der Waals surface area contributed by atoms with Gasteiger partial charge in [0.2, 0.25) is 11.8 Å². The summed E-state index contributed by atoms with van der Waals surface area (Å²) >= 11 is 6.16. The Morgan fingerprint density at radius 2 is 1.85 bits per heavy atom. The lowest BCUT2D eigenvalue weighted by molar-refractivity contribution is -0.130. The van der Waals surface area contributed by atoms with Crippen LogP contribution in [0.1, 0.15) is 22.3 Å². The van der Waals surface area contributed by atoms with Crippen LogP contribution >= 0.6 is 11.6 Å². The summed E-state index contributed by atoms with van der Waals surface area (Å²) in [5.74, 6) is -1.55. The molecule has 2 amide bonds. The molecular formula is C26H31ClN8O4. The predicted molar refractivity (Wildman–Crippen MR) is 148 cm³/mol. The maximum Gasteiger partial charge on any atom is 0.335 e. The van der Waals surface area contributed by atoms with Crippen molar-refractivity contribution in [1.29, 1.82) is 0 Å². The standard InChI is InChI=1S/C26H31ClN8O4/c1-33(2)12-13-34(3)25(37)15-22(16-28-21-8-4-18(5-9-21)26(38)39)30-24(36)11-6-19-14-20(27)7-10-23(19)35-17-29-31-32-35/h4-11,14,17,22,28H,12-13,15-16H2,1-3H3,(H,30,36)(H,38,39)/b11-6+. The van der Waals surface area contributed by atoms with E-state index in [-0.39, 0.29) is 24.4 Å². The Morgan fingerprint density at radius 1 is 1.10 bits per heavy atom. The topological polar surface area (TPSA) is 146 Å². The van der Waals surface area contributed by atoms with E-state index in [0.29, 0.717) is 35.1 Å². The van der Waals surface area contributed by atoms with Crippen LogP contribution < -0.4 is 10.6 Å². The maximum atomic E-state index is 12.9. The number of hydrogen-bond acceptors (Lipinski definition) is 8. The molecule has 13 heteroatoms. The highest BCUT2D eigenvalue weighted by atomic mass is 35.5. The molecule has 0 fully saturated rings. The molecular weight excluding hydrogens is 524 g/mol. The van der Waals surface area contributed by atoms with Gasteiger partial charge in [-0.1, -0.05) is 11.6 Å². The summed E-state index contributed by atoms with van der Waals surface area (Å²) in [7, 11) is 5.58. The number of benzene rings is 2. The van der Waals surface area contributed by atoms with Crippen molar-refractivity contribution in [1.82, 2.24) is 35.3 Å². The Hall–Kier alpha value is -4.29. The lowest BCUT2D eigenvalue weighted by Gasteiger charge is -2.24. The largest absolute Gasteiger partial charge is 0.478 e. The molecule has 2 aromatic carbocycles. The summed E-state index contributed by atoms with van der Waals surface area (Å²) in [5.41, 5.74) is 2.08. The third-order valence-corrected chi connectivity index (χ3v) is 5.99. The highest BCUT2D eigenvalue weighted by Gasteiger charge is 2.19. The number of aromatic carboxylic acids is 1. The fourth-order valence-corrected chi connectivity index (χ4v) is 3.72. The normalized spacial score (nSPS) is 11.9. The van der Waals surface area contributed by atoms with Gasteiger partial charge in [-0.2, -0.15) is 4.68 Å². The average molecular weight is 555 g/mol. The lowest BCUT2D eigenvalue weighted by Crippen LogP contribution is -2.44. The number of carbonyl (C=O) groups excluding carboxylic acids is 2. The maximum absolute atomic E-state index is 12.9. The molecule has 3 rings (SSSR count). The van der Waals surface area contributed by atoms with Crippen LogP contribution in [0.15, 0.2) is 54.9 Å². The second kappa shape index (κ2) is 14.0. The number of likely N-dealkylation sites (N-methyl/N-ethyl adjacent to an activating group) is 2. The van der Waals surface area contributed by atoms with Crippen LogP contribution in [0, 0.1) is 0 Å². The van der Waals surface area contributed by atoms with Crippen LogP contribution in [0.2, 0.25) is 5.02 Å². The Kier molecular flexibility index (Phi) is 10.5. The highest BCUT2D eigenvalue weighted by Crippen LogP contribution is 2.20. The Balaban J connectivity index is 1.72. The van der Waals surface area contributed by atoms with E-state index in [9.17, 15) is 14.4 Å². The number of amides is 2. The number of carbonyl (C=O) groups is 3. The van der Waals surface area contributed by atoms with E-state index in [0.717, 1.165) is 0 Å². The van der Waals surface area contributed by atoms with E-state index in [4.69, 9.17) is 16.7 Å². The molecule has 12 nitrogen and oxygen atoms in total. The molecule has 0 aliphatic carbocycles. The first-order valence-electron chi connectivity index (χ1n) is 12.1. The van der Waals surface area contributed by atoms with E-state index >= 15 is 0 Å². The van der Waals surface area contributed by atoms with Gasteiger partial charge < -0.3 is 25.5 Å². The van der Waals surface area contributed by atoms with Crippen molar-refractivity contribution in [3.63, 3.8) is 0 Å². The SMILES string of the molecule is CN(C)CCN(C)C(=O)CC(CNc1ccc(C(=O)O)cc1)NC(=O)/C=C/c1cc(Cl)ccc1-n1cnnn1. The molecule has 0 aliphatic rings. The van der Waals surface area contributed by atoms with Crippen molar-refractivity contribution in [3.05, 3.63) is 71.0 Å². The van der Waals surface area contributed by atoms with Crippen molar-refractivity contribution in [3.8, 4) is 5.69 Å². The highest BCUT2D eigenvalue weighted by molar-refractivity contribution is 6.30. The number of hydrogen-bond donors (Lipinski definition) is 3. The van der Waals surface area contributed by atoms with Gasteiger partial charge in [0.1, 0.15) is 6.33 Å². The number of nitrogens with one attached hydrogen (secondary N) is 2. The van der Waals surface area contributed by atoms with Crippen molar-refractivity contribution >= 4 is 41.1 Å². The molecule has 39 heavy (non-hydrogen) atoms. The van der Waals surface area contributed by atoms with Crippen LogP contribution in [0.25, 0.3) is 11.8 Å². The molecule has 3 aromatic rings. The number of rotatable bonds is 13. The molecule has 1 atom stereocenters. The second-order valence-corrected chi connectivity index (χ2v) is 9.52. The number of anilines is 1. The smallest absolute Gasteiger partial charge is 0.335 e. The van der Waals surface area contributed by atoms with Gasteiger partial charge in [-0.15, -0.1) is 5.10 Å². The molecule has 0 aliphatic heterocycles. The summed E-state index contributed by atoms with van der Waals surface area (Å²) in [5, 5.41) is 26.8. The Bertz CT molecular complexity index is 1300. The molecule has 1 aromatic heterocycles. The van der Waals surface area contributed by atoms with Gasteiger partial charge in [0, 0.05) is 55.5 Å². The van der Waals surface area contributed by atoms with Crippen LogP contribution in [-0.4, -0.2) is 99.7 Å². The van der Waals surface area contributed by atoms with Gasteiger partial charge in [0.15, 0.2) is 0 Å². The Labute approximate surface area is 231 Å². The average Bonchev–Trinajstić information content (AvgIpc) is 3.44. The minimum absolute atomic E-state index is 0.0662. The molecule has 3 N–H and O–H groups in total. The first-order valence-corrected chi connectivity index (χ1v) is 12.5. The van der Waals surface area contributed by atoms with Crippen LogP contribution in [0.3, 0.4) is 0 Å². The minimum Gasteiger partial charge on any atom is -0.478 e. The predicted octanol–water partition coefficient (Wildman–Crippen LogP) is 2.03. The van der Waals surface area contributed by atoms with Crippen LogP contribution in [-0.2, 0) is 9.59 Å². The quantitative estimate of drug-likeness (QED) is 0.270. The molecule has 0 saturated heterocycles. The zero-order valence-corrected chi connectivity index (χ0v) is 22.7. The van der Waals surface area contributed by atoms with Crippen LogP contribution in [0.5, 0.6) is 0 Å². The third-order valence-electron chi connectivity index (χ3n) is 5.76. The van der Waals surface area contributed by atoms with Gasteiger partial charge in [-0.3, -0.25) is 9.59 Å². The van der Waals surface area contributed by atoms with Crippen LogP contribution in [0.4, 0.5) is 5.69 Å². The summed E-state index contributed by atoms with van der Waals surface area (Å²) in [6, 6.07) is 10.8. The van der Waals surface area contributed by atoms with E-state index in [1.165, 1.54) is 29.2 Å². The van der Waals surface area contributed by atoms with E-state index < -0.39 is 17.9 Å². The number of carboxylic acids is 1. The van der Waals surface area contributed by atoms with Gasteiger partial charge >= 0.3 is 5.97 Å². The first kappa shape index (κ1) is 29.3. The first-order chi connectivity index (χ1) is 18.6. The molecule has 1 unspecified atom stereocenters. The summed E-state index contributed by atoms with van der Waals surface area (Å²) in [4.78, 5) is 40.5. The number of tetrazole rings is 1. The number of carboxylic acid groups (broad SMARTS) is 1. The summed E-state index contributed by atoms with van der Waals surface area (Å²) < 4.78 is 1.46. The zero-order valence-electron chi connectivity index (χ0n) is 21.9. The molecule has 0 saturated carbocycles. The number of halogens is 1. The fourth-order valence-electron chi connectivity index (χ4n) is 3.54. The summed E-state index contributed by atoms with van der Waals surface area (Å²) in [6.45, 7) is 1.50. The molecule has 0 spiro atoms. The second-order valence-electron chi connectivity index (χ2n) is 9.08. The van der Waals surface area contributed by atoms with E-state index in [1.807, 2.05) is 19.0 Å². The number of aromatic nitrogens is 4. The molecule has 0 bridgehead atoms. The monoisotopic (exact) mass is 554 g/mol. The summed E-state index contributed by atoms with van der Waals surface area (Å²) in [6.07, 6.45) is 4.45. The molecule has 206 valence electrons. The molecule has 1 heterocycles. The van der Waals surface area contributed by atoms with Gasteiger partial charge in [0.25, 0.3) is 0 Å². The van der Waals surface area contributed by atoms with Crippen molar-refractivity contribution < 1.29 is 19.5 Å². The van der Waals surface area contributed by atoms with E-state index in [2.05, 4.69) is 26.2 Å². The third kappa shape index (κ3) is 9.20. The van der Waals surface area contributed by atoms with Gasteiger partial charge in [-0.25, -0.2) is 4.79 Å². The van der Waals surface area contributed by atoms with Crippen molar-refractivity contribution in [2.24, 2.45) is 0 Å². The minimum atomic E-state index is -1.02. The lowest BCUT2D eigenvalue weighted by atomic mass is 10.1. The van der Waals surface area contributed by atoms with Gasteiger partial charge in [0.05, 0.1) is 17.3 Å². The van der Waals surface area contributed by atoms with Gasteiger partial charge in [-0.05, 0) is 73.1 Å². The van der Waals surface area contributed by atoms with Crippen molar-refractivity contribution in [2.45, 2.75) is 12.5 Å². The van der Waals surface area contributed by atoms with Crippen molar-refractivity contribution in [2.75, 3.05) is 46.1 Å². The molecule has 0 radical (unpaired) electrons. The zero-order chi connectivity index (χ0) is 28.4. The van der Waals surface area contributed by atoms with E-state index in [1.54, 1.807) is 48.4 Å².